The van der Waals surface area contributed by atoms with Crippen molar-refractivity contribution in [1.82, 2.24) is 10.9 Å². The number of hydrogen-bond acceptors (Lipinski definition) is 3. The van der Waals surface area contributed by atoms with Gasteiger partial charge in [-0.3, -0.25) is 20.4 Å². The third-order valence-corrected chi connectivity index (χ3v) is 2.80. The molecule has 0 atom stereocenters. The Morgan fingerprint density at radius 2 is 1.60 bits per heavy atom. The van der Waals surface area contributed by atoms with Crippen molar-refractivity contribution in [3.63, 3.8) is 0 Å². The molecule has 0 saturated heterocycles. The zero-order valence-corrected chi connectivity index (χ0v) is 10.9. The number of halogens is 1. The zero-order chi connectivity index (χ0) is 14.5. The molecule has 2 amide bonds. The maximum Gasteiger partial charge on any atom is 0.271 e. The van der Waals surface area contributed by atoms with Crippen LogP contribution in [0.1, 0.15) is 20.7 Å². The Bertz CT molecular complexity index is 644. The summed E-state index contributed by atoms with van der Waals surface area (Å²) in [6.07, 6.45) is 2.37. The van der Waals surface area contributed by atoms with Gasteiger partial charge in [0.15, 0.2) is 12.4 Å². The normalized spacial score (nSPS) is 9.85. The molecule has 1 aromatic carbocycles. The second-order valence-corrected chi connectivity index (χ2v) is 4.24. The molecule has 1 heterocycles. The zero-order valence-electron chi connectivity index (χ0n) is 10.2. The van der Waals surface area contributed by atoms with E-state index >= 15 is 0 Å². The fourth-order valence-electron chi connectivity index (χ4n) is 1.46. The Morgan fingerprint density at radius 1 is 1.00 bits per heavy atom. The monoisotopic (exact) mass is 291 g/mol. The fourth-order valence-corrected chi connectivity index (χ4v) is 1.68. The highest BCUT2D eigenvalue weighted by Gasteiger charge is 2.11. The summed E-state index contributed by atoms with van der Waals surface area (Å²) in [5.41, 5.74) is 4.98. The van der Waals surface area contributed by atoms with E-state index in [-0.39, 0.29) is 16.1 Å². The van der Waals surface area contributed by atoms with Crippen LogP contribution in [0.5, 0.6) is 0 Å². The molecule has 0 aliphatic rings. The first-order chi connectivity index (χ1) is 9.58. The van der Waals surface area contributed by atoms with Crippen molar-refractivity contribution in [2.75, 3.05) is 0 Å². The number of pyridine rings is 1. The van der Waals surface area contributed by atoms with Crippen molar-refractivity contribution < 1.29 is 14.3 Å². The molecule has 0 bridgehead atoms. The quantitative estimate of drug-likeness (QED) is 0.493. The highest BCUT2D eigenvalue weighted by atomic mass is 35.5. The van der Waals surface area contributed by atoms with Crippen molar-refractivity contribution in [3.05, 3.63) is 70.1 Å². The van der Waals surface area contributed by atoms with E-state index in [1.54, 1.807) is 18.2 Å². The smallest absolute Gasteiger partial charge is 0.271 e. The van der Waals surface area contributed by atoms with Crippen molar-refractivity contribution in [2.24, 2.45) is 0 Å². The summed E-state index contributed by atoms with van der Waals surface area (Å²) in [6, 6.07) is 9.13. The minimum atomic E-state index is -0.536. The predicted molar refractivity (Wildman–Crippen MR) is 71.8 cm³/mol. The number of nitrogens with zero attached hydrogens (tertiary/aromatic N) is 1. The van der Waals surface area contributed by atoms with Gasteiger partial charge < -0.3 is 5.21 Å². The average Bonchev–Trinajstić information content (AvgIpc) is 2.45. The lowest BCUT2D eigenvalue weighted by Gasteiger charge is -2.08. The predicted octanol–water partition coefficient (Wildman–Crippen LogP) is 1.05. The Labute approximate surface area is 119 Å². The van der Waals surface area contributed by atoms with Crippen molar-refractivity contribution in [3.8, 4) is 0 Å². The summed E-state index contributed by atoms with van der Waals surface area (Å²) < 4.78 is 0.555. The third kappa shape index (κ3) is 3.24. The van der Waals surface area contributed by atoms with E-state index in [0.717, 1.165) is 0 Å². The molecule has 20 heavy (non-hydrogen) atoms. The molecule has 0 saturated carbocycles. The van der Waals surface area contributed by atoms with Crippen LogP contribution in [0.3, 0.4) is 0 Å². The van der Waals surface area contributed by atoms with Crippen LogP contribution in [0.15, 0.2) is 48.8 Å². The van der Waals surface area contributed by atoms with Gasteiger partial charge in [-0.15, -0.1) is 0 Å². The number of nitrogens with one attached hydrogen (secondary N) is 2. The molecule has 7 heteroatoms. The van der Waals surface area contributed by atoms with Gasteiger partial charge >= 0.3 is 0 Å². The third-order valence-electron chi connectivity index (χ3n) is 2.47. The van der Waals surface area contributed by atoms with E-state index in [9.17, 15) is 14.8 Å². The second-order valence-electron chi connectivity index (χ2n) is 3.83. The van der Waals surface area contributed by atoms with Gasteiger partial charge in [-0.05, 0) is 12.1 Å². The molecular weight excluding hydrogens is 282 g/mol. The van der Waals surface area contributed by atoms with Crippen LogP contribution < -0.4 is 15.6 Å². The summed E-state index contributed by atoms with van der Waals surface area (Å²) in [5, 5.41) is 11.1. The fraction of sp³-hybridized carbons (Fsp3) is 0. The van der Waals surface area contributed by atoms with Crippen LogP contribution in [-0.2, 0) is 0 Å². The highest BCUT2D eigenvalue weighted by Crippen LogP contribution is 2.14. The first kappa shape index (κ1) is 13.8. The van der Waals surface area contributed by atoms with Gasteiger partial charge in [-0.25, -0.2) is 0 Å². The maximum atomic E-state index is 11.8. The standard InChI is InChI=1S/C13H10ClN3O3/c14-11-4-2-1-3-10(11)13(19)16-15-12(18)9-5-7-17(20)8-6-9/h1-8H,(H,15,18)(H,16,19). The lowest BCUT2D eigenvalue weighted by molar-refractivity contribution is -0.605. The summed E-state index contributed by atoms with van der Waals surface area (Å²) in [4.78, 5) is 23.5. The van der Waals surface area contributed by atoms with Crippen LogP contribution >= 0.6 is 11.6 Å². The maximum absolute atomic E-state index is 11.8. The molecule has 0 unspecified atom stereocenters. The van der Waals surface area contributed by atoms with E-state index in [0.29, 0.717) is 4.73 Å². The summed E-state index contributed by atoms with van der Waals surface area (Å²) >= 11 is 5.86. The summed E-state index contributed by atoms with van der Waals surface area (Å²) in [5.74, 6) is -1.07. The largest absolute Gasteiger partial charge is 0.619 e. The first-order valence-corrected chi connectivity index (χ1v) is 6.00. The van der Waals surface area contributed by atoms with Gasteiger partial charge in [-0.1, -0.05) is 23.7 Å². The Kier molecular flexibility index (Phi) is 4.17. The molecule has 2 N–H and O–H groups in total. The summed E-state index contributed by atoms with van der Waals surface area (Å²) in [7, 11) is 0. The van der Waals surface area contributed by atoms with Gasteiger partial charge in [0, 0.05) is 12.1 Å². The number of aromatic nitrogens is 1. The molecule has 0 spiro atoms. The van der Waals surface area contributed by atoms with Crippen molar-refractivity contribution >= 4 is 23.4 Å². The number of hydrazine groups is 1. The van der Waals surface area contributed by atoms with E-state index in [1.807, 2.05) is 0 Å². The first-order valence-electron chi connectivity index (χ1n) is 5.62. The van der Waals surface area contributed by atoms with Crippen LogP contribution in [0.25, 0.3) is 0 Å². The van der Waals surface area contributed by atoms with Gasteiger partial charge in [0.1, 0.15) is 0 Å². The molecule has 2 aromatic rings. The summed E-state index contributed by atoms with van der Waals surface area (Å²) in [6.45, 7) is 0. The minimum Gasteiger partial charge on any atom is -0.619 e. The molecule has 0 aliphatic heterocycles. The SMILES string of the molecule is O=C(NNC(=O)c1ccccc1Cl)c1cc[n+]([O-])cc1. The molecule has 0 radical (unpaired) electrons. The second kappa shape index (κ2) is 6.03. The van der Waals surface area contributed by atoms with E-state index in [2.05, 4.69) is 10.9 Å². The van der Waals surface area contributed by atoms with Crippen molar-refractivity contribution in [2.45, 2.75) is 0 Å². The molecule has 102 valence electrons. The van der Waals surface area contributed by atoms with Crippen LogP contribution in [0, 0.1) is 5.21 Å². The lowest BCUT2D eigenvalue weighted by Crippen LogP contribution is -2.42. The number of carbonyl (C=O) groups excluding carboxylic acids is 2. The molecule has 6 nitrogen and oxygen atoms in total. The van der Waals surface area contributed by atoms with Gasteiger partial charge in [0.05, 0.1) is 16.1 Å². The van der Waals surface area contributed by atoms with Crippen LogP contribution in [0.2, 0.25) is 5.02 Å². The molecule has 2 rings (SSSR count). The van der Waals surface area contributed by atoms with Gasteiger partial charge in [0.25, 0.3) is 11.8 Å². The lowest BCUT2D eigenvalue weighted by atomic mass is 10.2. The molecule has 0 aliphatic carbocycles. The highest BCUT2D eigenvalue weighted by molar-refractivity contribution is 6.33. The van der Waals surface area contributed by atoms with Gasteiger partial charge in [-0.2, -0.15) is 4.73 Å². The minimum absolute atomic E-state index is 0.247. The average molecular weight is 292 g/mol. The molecular formula is C13H10ClN3O3. The van der Waals surface area contributed by atoms with Crippen LogP contribution in [0.4, 0.5) is 0 Å². The molecule has 0 fully saturated rings. The topological polar surface area (TPSA) is 85.1 Å². The Morgan fingerprint density at radius 3 is 2.25 bits per heavy atom. The van der Waals surface area contributed by atoms with Gasteiger partial charge in [0.2, 0.25) is 0 Å². The Balaban J connectivity index is 1.99. The van der Waals surface area contributed by atoms with Crippen molar-refractivity contribution in [1.29, 1.82) is 0 Å². The number of amides is 2. The number of carbonyl (C=O) groups is 2. The Hall–Kier alpha value is -2.60. The molecule has 1 aromatic heterocycles. The van der Waals surface area contributed by atoms with E-state index in [4.69, 9.17) is 11.6 Å². The van der Waals surface area contributed by atoms with E-state index in [1.165, 1.54) is 30.6 Å². The number of hydrogen-bond donors (Lipinski definition) is 2. The van der Waals surface area contributed by atoms with Crippen LogP contribution in [-0.4, -0.2) is 11.8 Å². The number of benzene rings is 1. The number of rotatable bonds is 2. The van der Waals surface area contributed by atoms with E-state index < -0.39 is 11.8 Å².